The third kappa shape index (κ3) is 5.08. The average Bonchev–Trinajstić information content (AvgIpc) is 2.11. The van der Waals surface area contributed by atoms with E-state index in [1.807, 2.05) is 0 Å². The van der Waals surface area contributed by atoms with Gasteiger partial charge in [0, 0.05) is 5.57 Å². The highest BCUT2D eigenvalue weighted by Gasteiger charge is 2.06. The predicted molar refractivity (Wildman–Crippen MR) is 50.1 cm³/mol. The van der Waals surface area contributed by atoms with Gasteiger partial charge in [0.2, 0.25) is 0 Å². The summed E-state index contributed by atoms with van der Waals surface area (Å²) in [5, 5.41) is 6.89. The van der Waals surface area contributed by atoms with E-state index in [1.165, 1.54) is 13.8 Å². The molecule has 0 aromatic rings. The van der Waals surface area contributed by atoms with E-state index < -0.39 is 11.9 Å². The molecule has 0 bridgehead atoms. The summed E-state index contributed by atoms with van der Waals surface area (Å²) >= 11 is 0. The molecular formula is C9H13NO4. The van der Waals surface area contributed by atoms with E-state index in [2.05, 4.69) is 16.1 Å². The van der Waals surface area contributed by atoms with Crippen LogP contribution in [0.2, 0.25) is 0 Å². The molecule has 0 fully saturated rings. The molecule has 0 aliphatic rings. The fourth-order valence-corrected chi connectivity index (χ4v) is 0.500. The van der Waals surface area contributed by atoms with Crippen LogP contribution in [-0.2, 0) is 19.1 Å². The maximum absolute atomic E-state index is 10.8. The largest absolute Gasteiger partial charge is 0.459 e. The van der Waals surface area contributed by atoms with Crippen molar-refractivity contribution in [3.8, 4) is 0 Å². The number of nitrogens with one attached hydrogen (secondary N) is 1. The van der Waals surface area contributed by atoms with Crippen molar-refractivity contribution in [2.75, 3.05) is 13.2 Å². The number of rotatable bonds is 5. The smallest absolute Gasteiger partial charge is 0.351 e. The topological polar surface area (TPSA) is 76.5 Å². The van der Waals surface area contributed by atoms with Crippen molar-refractivity contribution in [2.45, 2.75) is 13.8 Å². The Labute approximate surface area is 82.2 Å². The van der Waals surface area contributed by atoms with Crippen LogP contribution in [0.4, 0.5) is 0 Å². The zero-order chi connectivity index (χ0) is 11.1. The van der Waals surface area contributed by atoms with Crippen molar-refractivity contribution < 1.29 is 19.1 Å². The van der Waals surface area contributed by atoms with Gasteiger partial charge in [-0.05, 0) is 13.8 Å². The molecule has 0 atom stereocenters. The lowest BCUT2D eigenvalue weighted by Gasteiger charge is -2.04. The highest BCUT2D eigenvalue weighted by molar-refractivity contribution is 6.33. The molecule has 5 heteroatoms. The fourth-order valence-electron chi connectivity index (χ4n) is 0.500. The molecule has 0 rings (SSSR count). The molecule has 0 unspecified atom stereocenters. The van der Waals surface area contributed by atoms with E-state index in [0.717, 1.165) is 0 Å². The molecule has 0 saturated carbocycles. The first-order valence-electron chi connectivity index (χ1n) is 4.00. The number of carbonyl (C=O) groups is 2. The summed E-state index contributed by atoms with van der Waals surface area (Å²) in [7, 11) is 0. The van der Waals surface area contributed by atoms with Gasteiger partial charge in [-0.15, -0.1) is 0 Å². The van der Waals surface area contributed by atoms with Gasteiger partial charge in [0.05, 0.1) is 0 Å². The molecule has 14 heavy (non-hydrogen) atoms. The lowest BCUT2D eigenvalue weighted by Crippen LogP contribution is -2.18. The van der Waals surface area contributed by atoms with Gasteiger partial charge in [-0.2, -0.15) is 0 Å². The first-order chi connectivity index (χ1) is 6.45. The number of hydrogen-bond donors (Lipinski definition) is 1. The molecule has 0 saturated heterocycles. The minimum absolute atomic E-state index is 0.0231. The quantitative estimate of drug-likeness (QED) is 0.306. The Morgan fingerprint density at radius 1 is 1.14 bits per heavy atom. The highest BCUT2D eigenvalue weighted by Crippen LogP contribution is 1.91. The summed E-state index contributed by atoms with van der Waals surface area (Å²) in [6, 6.07) is 0. The van der Waals surface area contributed by atoms with E-state index in [-0.39, 0.29) is 18.9 Å². The van der Waals surface area contributed by atoms with Crippen molar-refractivity contribution in [3.05, 3.63) is 12.2 Å². The summed E-state index contributed by atoms with van der Waals surface area (Å²) in [5.41, 5.74) is 0.107. The molecule has 0 spiro atoms. The second-order valence-electron chi connectivity index (χ2n) is 2.68. The van der Waals surface area contributed by atoms with Crippen molar-refractivity contribution in [1.29, 1.82) is 5.41 Å². The van der Waals surface area contributed by atoms with Gasteiger partial charge in [0.1, 0.15) is 18.9 Å². The van der Waals surface area contributed by atoms with Crippen molar-refractivity contribution in [3.63, 3.8) is 0 Å². The molecule has 0 radical (unpaired) electrons. The third-order valence-electron chi connectivity index (χ3n) is 1.20. The van der Waals surface area contributed by atoms with E-state index in [1.54, 1.807) is 0 Å². The van der Waals surface area contributed by atoms with Crippen LogP contribution in [0.3, 0.4) is 0 Å². The number of esters is 2. The molecule has 0 aromatic carbocycles. The molecule has 0 aromatic heterocycles. The van der Waals surface area contributed by atoms with Crippen LogP contribution in [0, 0.1) is 5.41 Å². The van der Waals surface area contributed by atoms with E-state index in [4.69, 9.17) is 5.41 Å². The third-order valence-corrected chi connectivity index (χ3v) is 1.20. The molecule has 0 amide bonds. The number of carbonyl (C=O) groups excluding carboxylic acids is 2. The second kappa shape index (κ2) is 5.90. The van der Waals surface area contributed by atoms with Crippen LogP contribution in [0.5, 0.6) is 0 Å². The Morgan fingerprint density at radius 2 is 1.57 bits per heavy atom. The van der Waals surface area contributed by atoms with Crippen LogP contribution < -0.4 is 0 Å². The van der Waals surface area contributed by atoms with Crippen molar-refractivity contribution in [2.24, 2.45) is 0 Å². The van der Waals surface area contributed by atoms with E-state index in [0.29, 0.717) is 5.57 Å². The molecule has 5 nitrogen and oxygen atoms in total. The molecule has 78 valence electrons. The van der Waals surface area contributed by atoms with Crippen LogP contribution in [0.1, 0.15) is 13.8 Å². The van der Waals surface area contributed by atoms with Crippen LogP contribution in [-0.4, -0.2) is 30.9 Å². The number of ether oxygens (including phenoxy) is 2. The first-order valence-corrected chi connectivity index (χ1v) is 4.00. The summed E-state index contributed by atoms with van der Waals surface area (Å²) in [5.74, 6) is -1.23. The normalized spacial score (nSPS) is 9.00. The monoisotopic (exact) mass is 199 g/mol. The van der Waals surface area contributed by atoms with Crippen LogP contribution in [0.15, 0.2) is 12.2 Å². The lowest BCUT2D eigenvalue weighted by molar-refractivity contribution is -0.145. The van der Waals surface area contributed by atoms with Gasteiger partial charge >= 0.3 is 11.9 Å². The molecule has 0 aliphatic carbocycles. The van der Waals surface area contributed by atoms with Gasteiger partial charge in [-0.25, -0.2) is 9.59 Å². The van der Waals surface area contributed by atoms with Crippen LogP contribution in [0.25, 0.3) is 0 Å². The van der Waals surface area contributed by atoms with Crippen molar-refractivity contribution >= 4 is 17.7 Å². The summed E-state index contributed by atoms with van der Waals surface area (Å²) in [4.78, 5) is 21.5. The Morgan fingerprint density at radius 3 is 1.93 bits per heavy atom. The first kappa shape index (κ1) is 12.3. The standard InChI is InChI=1S/C9H13NO4/c1-6(2)8(11)13-4-5-14-9(12)7(3)10/h10H,1,4-5H2,2-3H3. The summed E-state index contributed by atoms with van der Waals surface area (Å²) in [6.07, 6.45) is 0. The Kier molecular flexibility index (Phi) is 5.21. The molecule has 0 heterocycles. The lowest BCUT2D eigenvalue weighted by atomic mass is 10.4. The van der Waals surface area contributed by atoms with Gasteiger partial charge in [0.25, 0.3) is 0 Å². The zero-order valence-corrected chi connectivity index (χ0v) is 8.25. The fraction of sp³-hybridized carbons (Fsp3) is 0.444. The van der Waals surface area contributed by atoms with E-state index >= 15 is 0 Å². The van der Waals surface area contributed by atoms with E-state index in [9.17, 15) is 9.59 Å². The Hall–Kier alpha value is -1.65. The van der Waals surface area contributed by atoms with Gasteiger partial charge in [-0.1, -0.05) is 6.58 Å². The maximum atomic E-state index is 10.8. The minimum Gasteiger partial charge on any atom is -0.459 e. The van der Waals surface area contributed by atoms with Gasteiger partial charge < -0.3 is 9.47 Å². The maximum Gasteiger partial charge on any atom is 0.351 e. The Bertz CT molecular complexity index is 242. The molecule has 1 N–H and O–H groups in total. The summed E-state index contributed by atoms with van der Waals surface area (Å²) in [6.45, 7) is 6.16. The second-order valence-corrected chi connectivity index (χ2v) is 2.68. The van der Waals surface area contributed by atoms with Crippen molar-refractivity contribution in [1.82, 2.24) is 0 Å². The zero-order valence-electron chi connectivity index (χ0n) is 8.25. The minimum atomic E-state index is -0.712. The average molecular weight is 199 g/mol. The predicted octanol–water partition coefficient (Wildman–Crippen LogP) is 0.689. The molecule has 0 aliphatic heterocycles. The highest BCUT2D eigenvalue weighted by atomic mass is 16.6. The number of hydrogen-bond acceptors (Lipinski definition) is 5. The molecular weight excluding hydrogens is 186 g/mol. The van der Waals surface area contributed by atoms with Gasteiger partial charge in [-0.3, -0.25) is 5.41 Å². The SMILES string of the molecule is C=C(C)C(=O)OCCOC(=O)C(C)=N. The van der Waals surface area contributed by atoms with Crippen LogP contribution >= 0.6 is 0 Å². The van der Waals surface area contributed by atoms with Gasteiger partial charge in [0.15, 0.2) is 0 Å². The Balaban J connectivity index is 3.57. The summed E-state index contributed by atoms with van der Waals surface area (Å²) < 4.78 is 9.21.